The highest BCUT2D eigenvalue weighted by atomic mass is 19.1. The van der Waals surface area contributed by atoms with E-state index in [4.69, 9.17) is 0 Å². The molecule has 3 atom stereocenters. The van der Waals surface area contributed by atoms with Crippen molar-refractivity contribution < 1.29 is 9.50 Å². The molecule has 14 heavy (non-hydrogen) atoms. The zero-order valence-electron chi connectivity index (χ0n) is 9.38. The average Bonchev–Trinajstić information content (AvgIpc) is 2.16. The SMILES string of the molecule is CC(C)C1CCC(O)C(CCCF)C1. The molecule has 1 aliphatic rings. The van der Waals surface area contributed by atoms with Gasteiger partial charge in [-0.2, -0.15) is 0 Å². The van der Waals surface area contributed by atoms with Gasteiger partial charge in [0.1, 0.15) is 0 Å². The molecule has 0 aromatic rings. The van der Waals surface area contributed by atoms with E-state index in [1.807, 2.05) is 0 Å². The van der Waals surface area contributed by atoms with Crippen LogP contribution in [0.2, 0.25) is 0 Å². The van der Waals surface area contributed by atoms with Gasteiger partial charge in [0.15, 0.2) is 0 Å². The van der Waals surface area contributed by atoms with Crippen molar-refractivity contribution in [2.45, 2.75) is 52.1 Å². The molecule has 0 radical (unpaired) electrons. The highest BCUT2D eigenvalue weighted by Crippen LogP contribution is 2.35. The van der Waals surface area contributed by atoms with E-state index in [2.05, 4.69) is 13.8 Å². The van der Waals surface area contributed by atoms with Crippen LogP contribution in [0.25, 0.3) is 0 Å². The molecular formula is C12H23FO. The fraction of sp³-hybridized carbons (Fsp3) is 1.00. The van der Waals surface area contributed by atoms with Crippen LogP contribution in [0.4, 0.5) is 4.39 Å². The lowest BCUT2D eigenvalue weighted by Gasteiger charge is -2.35. The van der Waals surface area contributed by atoms with Crippen molar-refractivity contribution in [3.8, 4) is 0 Å². The Labute approximate surface area is 86.7 Å². The van der Waals surface area contributed by atoms with Gasteiger partial charge in [-0.05, 0) is 49.9 Å². The second-order valence-electron chi connectivity index (χ2n) is 4.98. The van der Waals surface area contributed by atoms with Gasteiger partial charge in [0.05, 0.1) is 12.8 Å². The van der Waals surface area contributed by atoms with Crippen LogP contribution >= 0.6 is 0 Å². The quantitative estimate of drug-likeness (QED) is 0.742. The van der Waals surface area contributed by atoms with Crippen LogP contribution in [0.1, 0.15) is 46.0 Å². The lowest BCUT2D eigenvalue weighted by atomic mass is 9.73. The highest BCUT2D eigenvalue weighted by Gasteiger charge is 2.29. The molecule has 0 amide bonds. The lowest BCUT2D eigenvalue weighted by Crippen LogP contribution is -2.31. The summed E-state index contributed by atoms with van der Waals surface area (Å²) in [5.41, 5.74) is 0. The molecule has 3 unspecified atom stereocenters. The maximum absolute atomic E-state index is 12.0. The fourth-order valence-electron chi connectivity index (χ4n) is 2.54. The van der Waals surface area contributed by atoms with Crippen molar-refractivity contribution in [1.82, 2.24) is 0 Å². The van der Waals surface area contributed by atoms with Gasteiger partial charge in [0, 0.05) is 0 Å². The van der Waals surface area contributed by atoms with E-state index in [1.54, 1.807) is 0 Å². The Kier molecular flexibility index (Phi) is 4.86. The summed E-state index contributed by atoms with van der Waals surface area (Å²) in [4.78, 5) is 0. The van der Waals surface area contributed by atoms with Crippen LogP contribution in [-0.2, 0) is 0 Å². The van der Waals surface area contributed by atoms with Crippen LogP contribution < -0.4 is 0 Å². The van der Waals surface area contributed by atoms with E-state index < -0.39 is 0 Å². The summed E-state index contributed by atoms with van der Waals surface area (Å²) in [5, 5.41) is 9.77. The Bertz CT molecular complexity index is 158. The molecule has 1 saturated carbocycles. The molecule has 2 heteroatoms. The van der Waals surface area contributed by atoms with Crippen molar-refractivity contribution in [3.05, 3.63) is 0 Å². The molecule has 0 spiro atoms. The molecule has 1 fully saturated rings. The second-order valence-corrected chi connectivity index (χ2v) is 4.98. The van der Waals surface area contributed by atoms with Crippen molar-refractivity contribution >= 4 is 0 Å². The predicted molar refractivity (Wildman–Crippen MR) is 56.9 cm³/mol. The zero-order valence-corrected chi connectivity index (χ0v) is 9.38. The zero-order chi connectivity index (χ0) is 10.6. The van der Waals surface area contributed by atoms with Gasteiger partial charge in [-0.15, -0.1) is 0 Å². The van der Waals surface area contributed by atoms with Crippen LogP contribution in [-0.4, -0.2) is 17.9 Å². The topological polar surface area (TPSA) is 20.2 Å². The molecule has 1 N–H and O–H groups in total. The summed E-state index contributed by atoms with van der Waals surface area (Å²) in [6.45, 7) is 4.25. The van der Waals surface area contributed by atoms with Gasteiger partial charge in [-0.1, -0.05) is 13.8 Å². The first-order valence-corrected chi connectivity index (χ1v) is 5.89. The van der Waals surface area contributed by atoms with E-state index in [1.165, 1.54) is 0 Å². The van der Waals surface area contributed by atoms with Crippen molar-refractivity contribution in [2.24, 2.45) is 17.8 Å². The minimum atomic E-state index is -0.241. The van der Waals surface area contributed by atoms with Gasteiger partial charge in [0.2, 0.25) is 0 Å². The van der Waals surface area contributed by atoms with E-state index in [0.29, 0.717) is 18.3 Å². The molecule has 1 nitrogen and oxygen atoms in total. The number of hydrogen-bond donors (Lipinski definition) is 1. The highest BCUT2D eigenvalue weighted by molar-refractivity contribution is 4.81. The number of aliphatic hydroxyl groups is 1. The van der Waals surface area contributed by atoms with Crippen molar-refractivity contribution in [1.29, 1.82) is 0 Å². The Morgan fingerprint density at radius 3 is 2.64 bits per heavy atom. The number of alkyl halides is 1. The van der Waals surface area contributed by atoms with Crippen LogP contribution in [0.15, 0.2) is 0 Å². The number of rotatable bonds is 4. The molecule has 0 aromatic heterocycles. The first-order valence-electron chi connectivity index (χ1n) is 5.89. The summed E-state index contributed by atoms with van der Waals surface area (Å²) in [6.07, 6.45) is 4.47. The molecule has 1 rings (SSSR count). The Morgan fingerprint density at radius 2 is 2.07 bits per heavy atom. The molecule has 0 aliphatic heterocycles. The number of aliphatic hydroxyl groups excluding tert-OH is 1. The molecule has 0 heterocycles. The van der Waals surface area contributed by atoms with Gasteiger partial charge in [0.25, 0.3) is 0 Å². The standard InChI is InChI=1S/C12H23FO/c1-9(2)10-5-6-12(14)11(8-10)4-3-7-13/h9-12,14H,3-8H2,1-2H3. The summed E-state index contributed by atoms with van der Waals surface area (Å²) in [6, 6.07) is 0. The summed E-state index contributed by atoms with van der Waals surface area (Å²) < 4.78 is 12.0. The summed E-state index contributed by atoms with van der Waals surface area (Å²) in [7, 11) is 0. The monoisotopic (exact) mass is 202 g/mol. The maximum atomic E-state index is 12.0. The molecule has 0 aromatic carbocycles. The van der Waals surface area contributed by atoms with Crippen LogP contribution in [0, 0.1) is 17.8 Å². The Balaban J connectivity index is 2.38. The average molecular weight is 202 g/mol. The fourth-order valence-corrected chi connectivity index (χ4v) is 2.54. The molecule has 0 bridgehead atoms. The van der Waals surface area contributed by atoms with E-state index in [0.717, 1.165) is 31.6 Å². The van der Waals surface area contributed by atoms with Crippen molar-refractivity contribution in [2.75, 3.05) is 6.67 Å². The largest absolute Gasteiger partial charge is 0.393 e. The molecule has 1 aliphatic carbocycles. The van der Waals surface area contributed by atoms with E-state index >= 15 is 0 Å². The molecule has 0 saturated heterocycles. The summed E-state index contributed by atoms with van der Waals surface area (Å²) >= 11 is 0. The molecular weight excluding hydrogens is 179 g/mol. The van der Waals surface area contributed by atoms with Crippen molar-refractivity contribution in [3.63, 3.8) is 0 Å². The first kappa shape index (κ1) is 12.0. The minimum Gasteiger partial charge on any atom is -0.393 e. The Morgan fingerprint density at radius 1 is 1.36 bits per heavy atom. The number of hydrogen-bond acceptors (Lipinski definition) is 1. The van der Waals surface area contributed by atoms with Gasteiger partial charge in [-0.3, -0.25) is 4.39 Å². The van der Waals surface area contributed by atoms with Gasteiger partial charge >= 0.3 is 0 Å². The normalized spacial score (nSPS) is 33.6. The van der Waals surface area contributed by atoms with Gasteiger partial charge in [-0.25, -0.2) is 0 Å². The third-order valence-electron chi connectivity index (χ3n) is 3.63. The first-order chi connectivity index (χ1) is 6.65. The molecule has 84 valence electrons. The maximum Gasteiger partial charge on any atom is 0.0894 e. The van der Waals surface area contributed by atoms with E-state index in [-0.39, 0.29) is 12.8 Å². The lowest BCUT2D eigenvalue weighted by molar-refractivity contribution is 0.0319. The van der Waals surface area contributed by atoms with Gasteiger partial charge < -0.3 is 5.11 Å². The number of halogens is 1. The smallest absolute Gasteiger partial charge is 0.0894 e. The third kappa shape index (κ3) is 3.23. The Hall–Kier alpha value is -0.110. The minimum absolute atomic E-state index is 0.170. The van der Waals surface area contributed by atoms with Crippen LogP contribution in [0.5, 0.6) is 0 Å². The van der Waals surface area contributed by atoms with Crippen LogP contribution in [0.3, 0.4) is 0 Å². The second kappa shape index (κ2) is 5.69. The summed E-state index contributed by atoms with van der Waals surface area (Å²) in [5.74, 6) is 1.80. The predicted octanol–water partition coefficient (Wildman–Crippen LogP) is 3.17. The third-order valence-corrected chi connectivity index (χ3v) is 3.63. The van der Waals surface area contributed by atoms with E-state index in [9.17, 15) is 9.50 Å².